The summed E-state index contributed by atoms with van der Waals surface area (Å²) >= 11 is 5.13. The van der Waals surface area contributed by atoms with E-state index in [-0.39, 0.29) is 0 Å². The number of benzene rings is 1. The second kappa shape index (κ2) is 6.01. The van der Waals surface area contributed by atoms with Crippen LogP contribution in [0.15, 0.2) is 36.5 Å². The Morgan fingerprint density at radius 1 is 1.26 bits per heavy atom. The lowest BCUT2D eigenvalue weighted by Crippen LogP contribution is -2.13. The van der Waals surface area contributed by atoms with E-state index in [1.807, 2.05) is 31.3 Å². The van der Waals surface area contributed by atoms with Gasteiger partial charge in [0.15, 0.2) is 0 Å². The summed E-state index contributed by atoms with van der Waals surface area (Å²) in [4.78, 5) is 5.30. The largest absolute Gasteiger partial charge is 0.496 e. The van der Waals surface area contributed by atoms with Gasteiger partial charge in [-0.05, 0) is 49.2 Å². The van der Waals surface area contributed by atoms with Gasteiger partial charge in [0.2, 0.25) is 0 Å². The van der Waals surface area contributed by atoms with Gasteiger partial charge in [-0.1, -0.05) is 18.3 Å². The van der Waals surface area contributed by atoms with E-state index in [0.717, 1.165) is 39.5 Å². The van der Waals surface area contributed by atoms with Crippen molar-refractivity contribution >= 4 is 22.9 Å². The van der Waals surface area contributed by atoms with Crippen molar-refractivity contribution in [3.8, 4) is 17.0 Å². The zero-order chi connectivity index (χ0) is 16.6. The van der Waals surface area contributed by atoms with Crippen molar-refractivity contribution in [2.45, 2.75) is 20.3 Å². The van der Waals surface area contributed by atoms with Gasteiger partial charge in [-0.15, -0.1) is 0 Å². The highest BCUT2D eigenvalue weighted by atomic mass is 32.1. The Morgan fingerprint density at radius 3 is 2.70 bits per heavy atom. The SMILES string of the molecule is COc1ccc(-c2nc3c(C)cccn3c2CC(N)=S)cc1C. The molecule has 0 fully saturated rings. The first-order valence-corrected chi connectivity index (χ1v) is 7.82. The molecule has 2 N–H and O–H groups in total. The molecule has 0 bridgehead atoms. The van der Waals surface area contributed by atoms with Crippen LogP contribution >= 0.6 is 12.2 Å². The maximum atomic E-state index is 5.81. The molecule has 0 aliphatic heterocycles. The standard InChI is InChI=1S/C18H19N3OS/c1-11-5-4-8-21-14(10-16(19)23)17(20-18(11)21)13-6-7-15(22-3)12(2)9-13/h4-9H,10H2,1-3H3,(H2,19,23). The number of nitrogens with zero attached hydrogens (tertiary/aromatic N) is 2. The van der Waals surface area contributed by atoms with Crippen LogP contribution in [0.4, 0.5) is 0 Å². The number of nitrogens with two attached hydrogens (primary N) is 1. The minimum atomic E-state index is 0.458. The van der Waals surface area contributed by atoms with Crippen LogP contribution in [0.5, 0.6) is 5.75 Å². The molecular weight excluding hydrogens is 306 g/mol. The average molecular weight is 325 g/mol. The number of hydrogen-bond acceptors (Lipinski definition) is 3. The number of methoxy groups -OCH3 is 1. The summed E-state index contributed by atoms with van der Waals surface area (Å²) in [5, 5.41) is 0. The Labute approximate surface area is 140 Å². The van der Waals surface area contributed by atoms with E-state index >= 15 is 0 Å². The molecule has 0 unspecified atom stereocenters. The number of pyridine rings is 1. The van der Waals surface area contributed by atoms with E-state index in [4.69, 9.17) is 27.7 Å². The molecule has 118 valence electrons. The number of imidazole rings is 1. The molecule has 1 aromatic carbocycles. The van der Waals surface area contributed by atoms with Gasteiger partial charge in [0.05, 0.1) is 23.5 Å². The second-order valence-corrected chi connectivity index (χ2v) is 6.14. The number of thiocarbonyl (C=S) groups is 1. The highest BCUT2D eigenvalue weighted by Crippen LogP contribution is 2.29. The van der Waals surface area contributed by atoms with Gasteiger partial charge >= 0.3 is 0 Å². The first-order chi connectivity index (χ1) is 11.0. The molecule has 0 aliphatic rings. The zero-order valence-corrected chi connectivity index (χ0v) is 14.3. The van der Waals surface area contributed by atoms with Crippen LogP contribution in [0, 0.1) is 13.8 Å². The molecule has 0 atom stereocenters. The predicted molar refractivity (Wildman–Crippen MR) is 97.1 cm³/mol. The van der Waals surface area contributed by atoms with E-state index in [9.17, 15) is 0 Å². The van der Waals surface area contributed by atoms with Crippen molar-refractivity contribution in [2.24, 2.45) is 5.73 Å². The number of ether oxygens (including phenoxy) is 1. The minimum Gasteiger partial charge on any atom is -0.496 e. The van der Waals surface area contributed by atoms with Crippen LogP contribution in [0.2, 0.25) is 0 Å². The monoisotopic (exact) mass is 325 g/mol. The molecule has 0 spiro atoms. The highest BCUT2D eigenvalue weighted by Gasteiger charge is 2.16. The molecule has 0 saturated carbocycles. The number of rotatable bonds is 4. The Bertz CT molecular complexity index is 899. The molecule has 4 nitrogen and oxygen atoms in total. The molecule has 0 amide bonds. The van der Waals surface area contributed by atoms with Crippen molar-refractivity contribution in [1.82, 2.24) is 9.38 Å². The number of fused-ring (bicyclic) bond motifs is 1. The fraction of sp³-hybridized carbons (Fsp3) is 0.222. The third-order valence-corrected chi connectivity index (χ3v) is 4.10. The molecule has 3 aromatic rings. The lowest BCUT2D eigenvalue weighted by atomic mass is 10.1. The third-order valence-electron chi connectivity index (χ3n) is 3.95. The third kappa shape index (κ3) is 2.80. The fourth-order valence-corrected chi connectivity index (χ4v) is 2.98. The maximum absolute atomic E-state index is 5.81. The molecule has 0 aliphatic carbocycles. The summed E-state index contributed by atoms with van der Waals surface area (Å²) in [5.41, 5.74) is 11.9. The van der Waals surface area contributed by atoms with Crippen molar-refractivity contribution in [1.29, 1.82) is 0 Å². The van der Waals surface area contributed by atoms with Gasteiger partial charge in [-0.3, -0.25) is 0 Å². The first-order valence-electron chi connectivity index (χ1n) is 7.41. The van der Waals surface area contributed by atoms with Gasteiger partial charge < -0.3 is 14.9 Å². The van der Waals surface area contributed by atoms with Crippen LogP contribution in [0.25, 0.3) is 16.9 Å². The van der Waals surface area contributed by atoms with Crippen LogP contribution in [0.1, 0.15) is 16.8 Å². The highest BCUT2D eigenvalue weighted by molar-refractivity contribution is 7.80. The maximum Gasteiger partial charge on any atom is 0.140 e. The Morgan fingerprint density at radius 2 is 2.04 bits per heavy atom. The zero-order valence-electron chi connectivity index (χ0n) is 13.5. The lowest BCUT2D eigenvalue weighted by molar-refractivity contribution is 0.412. The molecule has 0 saturated heterocycles. The fourth-order valence-electron chi connectivity index (χ4n) is 2.84. The van der Waals surface area contributed by atoms with Gasteiger partial charge in [0.1, 0.15) is 11.4 Å². The average Bonchev–Trinajstić information content (AvgIpc) is 2.87. The summed E-state index contributed by atoms with van der Waals surface area (Å²) in [5.74, 6) is 0.865. The van der Waals surface area contributed by atoms with Crippen LogP contribution in [0.3, 0.4) is 0 Å². The van der Waals surface area contributed by atoms with Crippen LogP contribution in [-0.2, 0) is 6.42 Å². The molecular formula is C18H19N3OS. The van der Waals surface area contributed by atoms with Crippen molar-refractivity contribution in [2.75, 3.05) is 7.11 Å². The smallest absolute Gasteiger partial charge is 0.140 e. The van der Waals surface area contributed by atoms with Gasteiger partial charge in [0.25, 0.3) is 0 Å². The summed E-state index contributed by atoms with van der Waals surface area (Å²) < 4.78 is 7.42. The number of hydrogen-bond donors (Lipinski definition) is 1. The van der Waals surface area contributed by atoms with Gasteiger partial charge in [0, 0.05) is 18.2 Å². The summed E-state index contributed by atoms with van der Waals surface area (Å²) in [6.45, 7) is 4.08. The summed E-state index contributed by atoms with van der Waals surface area (Å²) in [6, 6.07) is 10.1. The molecule has 0 radical (unpaired) electrons. The topological polar surface area (TPSA) is 52.5 Å². The van der Waals surface area contributed by atoms with Crippen molar-refractivity contribution in [3.05, 3.63) is 53.3 Å². The minimum absolute atomic E-state index is 0.458. The molecule has 3 rings (SSSR count). The summed E-state index contributed by atoms with van der Waals surface area (Å²) in [6.07, 6.45) is 2.52. The Hall–Kier alpha value is -2.40. The molecule has 2 heterocycles. The Kier molecular flexibility index (Phi) is 4.05. The van der Waals surface area contributed by atoms with Crippen molar-refractivity contribution in [3.63, 3.8) is 0 Å². The first kappa shape index (κ1) is 15.5. The van der Waals surface area contributed by atoms with E-state index in [1.165, 1.54) is 0 Å². The van der Waals surface area contributed by atoms with E-state index in [2.05, 4.69) is 23.5 Å². The van der Waals surface area contributed by atoms with Crippen LogP contribution in [-0.4, -0.2) is 21.5 Å². The van der Waals surface area contributed by atoms with E-state index < -0.39 is 0 Å². The van der Waals surface area contributed by atoms with E-state index in [1.54, 1.807) is 7.11 Å². The normalized spacial score (nSPS) is 10.9. The lowest BCUT2D eigenvalue weighted by Gasteiger charge is -2.08. The van der Waals surface area contributed by atoms with Crippen LogP contribution < -0.4 is 10.5 Å². The molecule has 2 aromatic heterocycles. The van der Waals surface area contributed by atoms with Gasteiger partial charge in [-0.25, -0.2) is 4.98 Å². The quantitative estimate of drug-likeness (QED) is 0.747. The Balaban J connectivity index is 2.25. The number of aromatic nitrogens is 2. The summed E-state index contributed by atoms with van der Waals surface area (Å²) in [7, 11) is 1.68. The predicted octanol–water partition coefficient (Wildman–Crippen LogP) is 3.46. The van der Waals surface area contributed by atoms with Gasteiger partial charge in [-0.2, -0.15) is 0 Å². The second-order valence-electron chi connectivity index (χ2n) is 5.62. The molecule has 5 heteroatoms. The molecule has 23 heavy (non-hydrogen) atoms. The van der Waals surface area contributed by atoms with Crippen molar-refractivity contribution < 1.29 is 4.74 Å². The number of aryl methyl sites for hydroxylation is 2. The van der Waals surface area contributed by atoms with E-state index in [0.29, 0.717) is 11.4 Å².